The van der Waals surface area contributed by atoms with Gasteiger partial charge in [0.15, 0.2) is 13.7 Å². The Morgan fingerprint density at radius 3 is 1.64 bits per heavy atom. The number of amidine groups is 1. The van der Waals surface area contributed by atoms with Crippen LogP contribution in [0.2, 0.25) is 0 Å². The van der Waals surface area contributed by atoms with Crippen molar-refractivity contribution in [3.05, 3.63) is 93.7 Å². The maximum atomic E-state index is 7.09. The number of benzene rings is 3. The number of hydrogen-bond acceptors (Lipinski definition) is 5. The summed E-state index contributed by atoms with van der Waals surface area (Å²) in [4.78, 5) is 7.57. The van der Waals surface area contributed by atoms with Crippen molar-refractivity contribution in [3.8, 4) is 11.5 Å². The SMILES string of the molecule is COc1cc(OC)cc(N2C[C@H](C(C)(C)C)N=C2C(C)(C)O[PH+](c2ccccc2)c2ccccc2)c1.[CH3-].[CH3-].[Ir]. The van der Waals surface area contributed by atoms with Gasteiger partial charge in [-0.25, -0.2) is 4.52 Å². The third-order valence-electron chi connectivity index (χ3n) is 6.50. The van der Waals surface area contributed by atoms with Gasteiger partial charge in [-0.15, -0.1) is 0 Å². The second kappa shape index (κ2) is 14.4. The van der Waals surface area contributed by atoms with E-state index in [0.717, 1.165) is 29.6 Å². The second-order valence-corrected chi connectivity index (χ2v) is 12.7. The number of aliphatic imine (C=N–C) groups is 1. The molecule has 0 bridgehead atoms. The summed E-state index contributed by atoms with van der Waals surface area (Å²) in [5.74, 6) is 2.42. The van der Waals surface area contributed by atoms with Gasteiger partial charge in [-0.3, -0.25) is 4.99 Å². The molecule has 0 aromatic heterocycles. The van der Waals surface area contributed by atoms with Crippen molar-refractivity contribution in [2.75, 3.05) is 25.7 Å². The zero-order chi connectivity index (χ0) is 25.9. The predicted octanol–water partition coefficient (Wildman–Crippen LogP) is 6.81. The molecule has 1 aliphatic rings. The van der Waals surface area contributed by atoms with E-state index < -0.39 is 13.7 Å². The summed E-state index contributed by atoms with van der Waals surface area (Å²) in [7, 11) is 1.82. The van der Waals surface area contributed by atoms with E-state index in [1.807, 2.05) is 30.3 Å². The topological polar surface area (TPSA) is 43.3 Å². The minimum atomic E-state index is -1.53. The van der Waals surface area contributed by atoms with Gasteiger partial charge in [-0.1, -0.05) is 57.2 Å². The predicted molar refractivity (Wildman–Crippen MR) is 166 cm³/mol. The van der Waals surface area contributed by atoms with Crippen LogP contribution in [0.4, 0.5) is 5.69 Å². The van der Waals surface area contributed by atoms with Gasteiger partial charge < -0.3 is 29.2 Å². The van der Waals surface area contributed by atoms with Crippen molar-refractivity contribution >= 4 is 30.3 Å². The second-order valence-electron chi connectivity index (χ2n) is 10.7. The first-order chi connectivity index (χ1) is 17.1. The average molecular weight is 728 g/mol. The summed E-state index contributed by atoms with van der Waals surface area (Å²) in [6, 6.07) is 27.2. The van der Waals surface area contributed by atoms with Crippen molar-refractivity contribution in [2.45, 2.75) is 46.3 Å². The quantitative estimate of drug-likeness (QED) is 0.189. The van der Waals surface area contributed by atoms with E-state index in [0.29, 0.717) is 0 Å². The van der Waals surface area contributed by atoms with Crippen LogP contribution in [-0.2, 0) is 24.6 Å². The fraction of sp³-hybridized carbons (Fsp3) is 0.344. The van der Waals surface area contributed by atoms with Crippen LogP contribution < -0.4 is 25.0 Å². The van der Waals surface area contributed by atoms with Crippen LogP contribution in [0, 0.1) is 20.3 Å². The van der Waals surface area contributed by atoms with Gasteiger partial charge in [-0.05, 0) is 43.5 Å². The molecule has 0 unspecified atom stereocenters. The van der Waals surface area contributed by atoms with Gasteiger partial charge >= 0.3 is 0 Å². The molecule has 215 valence electrons. The molecular weight excluding hydrogens is 684 g/mol. The molecule has 3 aromatic rings. The molecule has 7 heteroatoms. The molecule has 0 fully saturated rings. The molecule has 1 aliphatic heterocycles. The fourth-order valence-corrected chi connectivity index (χ4v) is 6.57. The molecule has 0 aliphatic carbocycles. The molecule has 1 heterocycles. The van der Waals surface area contributed by atoms with Gasteiger partial charge in [0.25, 0.3) is 0 Å². The normalized spacial score (nSPS) is 15.0. The first kappa shape index (κ1) is 34.8. The molecule has 0 saturated heterocycles. The monoisotopic (exact) mass is 728 g/mol. The summed E-state index contributed by atoms with van der Waals surface area (Å²) in [6.07, 6.45) is 0. The molecule has 0 amide bonds. The molecule has 5 nitrogen and oxygen atoms in total. The minimum absolute atomic E-state index is 0. The molecule has 0 N–H and O–H groups in total. The Labute approximate surface area is 251 Å². The van der Waals surface area contributed by atoms with Crippen LogP contribution in [0.1, 0.15) is 34.6 Å². The fourth-order valence-electron chi connectivity index (χ4n) is 4.41. The van der Waals surface area contributed by atoms with E-state index in [-0.39, 0.29) is 46.4 Å². The van der Waals surface area contributed by atoms with Crippen LogP contribution in [0.5, 0.6) is 11.5 Å². The van der Waals surface area contributed by atoms with E-state index in [9.17, 15) is 0 Å². The summed E-state index contributed by atoms with van der Waals surface area (Å²) in [5, 5.41) is 2.42. The van der Waals surface area contributed by atoms with Crippen LogP contribution in [0.3, 0.4) is 0 Å². The number of nitrogens with zero attached hydrogens (tertiary/aromatic N) is 2. The van der Waals surface area contributed by atoms with Crippen molar-refractivity contribution in [3.63, 3.8) is 0 Å². The number of ether oxygens (including phenoxy) is 2. The molecule has 3 aromatic carbocycles. The summed E-state index contributed by atoms with van der Waals surface area (Å²) in [6.45, 7) is 11.8. The van der Waals surface area contributed by atoms with E-state index in [2.05, 4.69) is 88.0 Å². The number of methoxy groups -OCH3 is 2. The van der Waals surface area contributed by atoms with Gasteiger partial charge in [0.2, 0.25) is 0 Å². The molecular formula is C32H44IrN2O3P-. The maximum Gasteiger partial charge on any atom is 0.199 e. The van der Waals surface area contributed by atoms with Crippen molar-refractivity contribution in [1.29, 1.82) is 0 Å². The molecule has 4 rings (SSSR count). The third kappa shape index (κ3) is 8.14. The van der Waals surface area contributed by atoms with Crippen molar-refractivity contribution in [1.82, 2.24) is 0 Å². The Morgan fingerprint density at radius 2 is 1.23 bits per heavy atom. The molecule has 1 atom stereocenters. The van der Waals surface area contributed by atoms with Gasteiger partial charge in [0.1, 0.15) is 27.9 Å². The van der Waals surface area contributed by atoms with Crippen LogP contribution in [0.25, 0.3) is 0 Å². The third-order valence-corrected chi connectivity index (χ3v) is 8.93. The van der Waals surface area contributed by atoms with Crippen LogP contribution in [-0.4, -0.2) is 38.2 Å². The minimum Gasteiger partial charge on any atom is -0.497 e. The maximum absolute atomic E-state index is 7.09. The van der Waals surface area contributed by atoms with E-state index in [1.165, 1.54) is 10.6 Å². The van der Waals surface area contributed by atoms with E-state index in [1.54, 1.807) is 14.2 Å². The number of anilines is 1. The summed E-state index contributed by atoms with van der Waals surface area (Å²) in [5.41, 5.74) is 0.351. The van der Waals surface area contributed by atoms with Crippen LogP contribution >= 0.6 is 8.15 Å². The Kier molecular flexibility index (Phi) is 12.9. The van der Waals surface area contributed by atoms with E-state index in [4.69, 9.17) is 19.0 Å². The largest absolute Gasteiger partial charge is 0.497 e. The smallest absolute Gasteiger partial charge is 0.199 e. The average Bonchev–Trinajstić information content (AvgIpc) is 3.36. The van der Waals surface area contributed by atoms with E-state index >= 15 is 0 Å². The van der Waals surface area contributed by atoms with Gasteiger partial charge in [0.05, 0.1) is 20.3 Å². The van der Waals surface area contributed by atoms with Crippen LogP contribution in [0.15, 0.2) is 83.9 Å². The first-order valence-electron chi connectivity index (χ1n) is 12.4. The zero-order valence-electron chi connectivity index (χ0n) is 24.7. The Morgan fingerprint density at radius 1 is 0.769 bits per heavy atom. The Bertz CT molecular complexity index is 1140. The first-order valence-corrected chi connectivity index (χ1v) is 13.8. The molecule has 0 spiro atoms. The van der Waals surface area contributed by atoms with Gasteiger partial charge in [0, 0.05) is 50.5 Å². The molecule has 39 heavy (non-hydrogen) atoms. The summed E-state index contributed by atoms with van der Waals surface area (Å²) >= 11 is 0. The Hall–Kier alpha value is -2.23. The standard InChI is InChI=1S/C30H37N2O3P.2CH3.Ir/c1-29(2,3)27-21-32(22-18-23(33-6)20-24(19-22)34-7)28(31-27)30(4,5)35-36(25-14-10-8-11-15-25)26-16-12-9-13-17-26;;;/h8-20,27H,21H2,1-7H3;2*1H3;/q;2*-1;/p+1/t27-;;;/m1.../s1. The van der Waals surface area contributed by atoms with Crippen molar-refractivity contribution in [2.24, 2.45) is 10.4 Å². The summed E-state index contributed by atoms with van der Waals surface area (Å²) < 4.78 is 18.2. The zero-order valence-corrected chi connectivity index (χ0v) is 28.1. The number of rotatable bonds is 8. The molecule has 1 radical (unpaired) electrons. The van der Waals surface area contributed by atoms with Gasteiger partial charge in [-0.2, -0.15) is 0 Å². The number of hydrogen-bond donors (Lipinski definition) is 0. The Balaban J connectivity index is 0.00000253. The molecule has 0 saturated carbocycles. The van der Waals surface area contributed by atoms with Crippen molar-refractivity contribution < 1.29 is 34.1 Å².